The number of hydrogen-bond acceptors (Lipinski definition) is 6. The van der Waals surface area contributed by atoms with Gasteiger partial charge < -0.3 is 10.6 Å². The van der Waals surface area contributed by atoms with Crippen LogP contribution >= 0.6 is 0 Å². The second kappa shape index (κ2) is 7.44. The summed E-state index contributed by atoms with van der Waals surface area (Å²) >= 11 is 0. The van der Waals surface area contributed by atoms with Crippen LogP contribution in [0.5, 0.6) is 0 Å². The Kier molecular flexibility index (Phi) is 4.84. The number of nitrogens with one attached hydrogen (secondary N) is 2. The van der Waals surface area contributed by atoms with Crippen molar-refractivity contribution in [3.63, 3.8) is 0 Å². The number of nitrogens with zero attached hydrogens (tertiary/aromatic N) is 4. The molecule has 2 N–H and O–H groups in total. The fourth-order valence-electron chi connectivity index (χ4n) is 3.43. The van der Waals surface area contributed by atoms with E-state index in [1.807, 2.05) is 6.07 Å². The number of piperidine rings is 1. The first kappa shape index (κ1) is 18.2. The molecule has 0 saturated carbocycles. The van der Waals surface area contributed by atoms with E-state index in [1.165, 1.54) is 6.07 Å². The van der Waals surface area contributed by atoms with E-state index in [0.717, 1.165) is 32.1 Å². The smallest absolute Gasteiger partial charge is 0.223 e. The number of aromatic nitrogens is 3. The molecular weight excluding hydrogens is 362 g/mol. The summed E-state index contributed by atoms with van der Waals surface area (Å²) in [5, 5.41) is 16.2. The normalized spacial score (nSPS) is 14.8. The standard InChI is InChI=1S/C20H18F2N6/c1-11-6-13(9-23)15-7-12(8-16(21)19(15)26-11)18-17(22)10-25-20(28-18)27-14-2-4-24-5-3-14/h6-8,10,14,24H,2-5H2,1H3,(H,25,27,28). The van der Waals surface area contributed by atoms with Gasteiger partial charge in [-0.15, -0.1) is 0 Å². The topological polar surface area (TPSA) is 86.5 Å². The zero-order valence-corrected chi connectivity index (χ0v) is 15.3. The van der Waals surface area contributed by atoms with Crippen LogP contribution in [0.1, 0.15) is 24.1 Å². The van der Waals surface area contributed by atoms with E-state index in [2.05, 4.69) is 25.6 Å². The lowest BCUT2D eigenvalue weighted by Crippen LogP contribution is -2.35. The Bertz CT molecular complexity index is 1090. The van der Waals surface area contributed by atoms with Crippen molar-refractivity contribution in [2.24, 2.45) is 0 Å². The number of fused-ring (bicyclic) bond motifs is 1. The molecule has 3 aromatic rings. The predicted octanol–water partition coefficient (Wildman–Crippen LogP) is 3.31. The summed E-state index contributed by atoms with van der Waals surface area (Å²) in [5.74, 6) is -0.988. The van der Waals surface area contributed by atoms with Crippen LogP contribution in [0.25, 0.3) is 22.2 Å². The van der Waals surface area contributed by atoms with Gasteiger partial charge in [-0.25, -0.2) is 23.7 Å². The largest absolute Gasteiger partial charge is 0.351 e. The van der Waals surface area contributed by atoms with Crippen molar-refractivity contribution in [2.45, 2.75) is 25.8 Å². The van der Waals surface area contributed by atoms with Gasteiger partial charge in [0, 0.05) is 22.7 Å². The predicted molar refractivity (Wildman–Crippen MR) is 102 cm³/mol. The van der Waals surface area contributed by atoms with Gasteiger partial charge in [0.05, 0.1) is 17.8 Å². The third-order valence-electron chi connectivity index (χ3n) is 4.81. The van der Waals surface area contributed by atoms with Crippen LogP contribution in [-0.4, -0.2) is 34.1 Å². The second-order valence-corrected chi connectivity index (χ2v) is 6.84. The molecule has 1 aliphatic heterocycles. The van der Waals surface area contributed by atoms with E-state index >= 15 is 0 Å². The molecule has 6 nitrogen and oxygen atoms in total. The lowest BCUT2D eigenvalue weighted by Gasteiger charge is -2.23. The molecular formula is C20H18F2N6. The maximum Gasteiger partial charge on any atom is 0.223 e. The summed E-state index contributed by atoms with van der Waals surface area (Å²) in [7, 11) is 0. The van der Waals surface area contributed by atoms with Gasteiger partial charge in [-0.3, -0.25) is 0 Å². The first-order valence-corrected chi connectivity index (χ1v) is 9.06. The van der Waals surface area contributed by atoms with Crippen LogP contribution in [-0.2, 0) is 0 Å². The molecule has 0 spiro atoms. The van der Waals surface area contributed by atoms with Crippen molar-refractivity contribution in [2.75, 3.05) is 18.4 Å². The van der Waals surface area contributed by atoms with E-state index in [4.69, 9.17) is 0 Å². The van der Waals surface area contributed by atoms with Gasteiger partial charge in [0.1, 0.15) is 17.0 Å². The average Bonchev–Trinajstić information content (AvgIpc) is 2.70. The molecule has 2 aromatic heterocycles. The van der Waals surface area contributed by atoms with Gasteiger partial charge in [-0.2, -0.15) is 5.26 Å². The first-order chi connectivity index (χ1) is 13.5. The molecule has 28 heavy (non-hydrogen) atoms. The fraction of sp³-hybridized carbons (Fsp3) is 0.300. The Morgan fingerprint density at radius 3 is 2.68 bits per heavy atom. The van der Waals surface area contributed by atoms with Crippen molar-refractivity contribution in [1.29, 1.82) is 5.26 Å². The Balaban J connectivity index is 1.78. The minimum absolute atomic E-state index is 0.0169. The SMILES string of the molecule is Cc1cc(C#N)c2cc(-c3nc(NC4CCNCC4)ncc3F)cc(F)c2n1. The molecule has 0 unspecified atom stereocenters. The number of benzene rings is 1. The molecule has 0 atom stereocenters. The highest BCUT2D eigenvalue weighted by Crippen LogP contribution is 2.29. The number of pyridine rings is 1. The van der Waals surface area contributed by atoms with Crippen LogP contribution in [0.15, 0.2) is 24.4 Å². The Hall–Kier alpha value is -3.18. The number of anilines is 1. The van der Waals surface area contributed by atoms with Gasteiger partial charge in [0.25, 0.3) is 0 Å². The molecule has 1 aliphatic rings. The molecule has 0 radical (unpaired) electrons. The summed E-state index contributed by atoms with van der Waals surface area (Å²) in [4.78, 5) is 12.4. The minimum Gasteiger partial charge on any atom is -0.351 e. The van der Waals surface area contributed by atoms with E-state index < -0.39 is 11.6 Å². The first-order valence-electron chi connectivity index (χ1n) is 9.06. The zero-order valence-electron chi connectivity index (χ0n) is 15.3. The lowest BCUT2D eigenvalue weighted by atomic mass is 10.0. The van der Waals surface area contributed by atoms with Crippen molar-refractivity contribution in [3.05, 3.63) is 47.3 Å². The molecule has 3 heterocycles. The number of nitriles is 1. The zero-order chi connectivity index (χ0) is 19.7. The molecule has 8 heteroatoms. The van der Waals surface area contributed by atoms with Crippen LogP contribution in [0, 0.1) is 29.9 Å². The molecule has 0 amide bonds. The maximum atomic E-state index is 14.7. The van der Waals surface area contributed by atoms with Crippen molar-refractivity contribution >= 4 is 16.9 Å². The molecule has 1 saturated heterocycles. The monoisotopic (exact) mass is 380 g/mol. The number of aryl methyl sites for hydroxylation is 1. The van der Waals surface area contributed by atoms with Crippen molar-refractivity contribution in [3.8, 4) is 17.3 Å². The van der Waals surface area contributed by atoms with Gasteiger partial charge in [-0.1, -0.05) is 0 Å². The third kappa shape index (κ3) is 3.49. The van der Waals surface area contributed by atoms with E-state index in [9.17, 15) is 14.0 Å². The molecule has 4 rings (SSSR count). The maximum absolute atomic E-state index is 14.7. The highest BCUT2D eigenvalue weighted by Gasteiger charge is 2.18. The van der Waals surface area contributed by atoms with Gasteiger partial charge >= 0.3 is 0 Å². The molecule has 0 aliphatic carbocycles. The average molecular weight is 380 g/mol. The summed E-state index contributed by atoms with van der Waals surface area (Å²) in [6.07, 6.45) is 2.90. The van der Waals surface area contributed by atoms with Crippen LogP contribution in [0.3, 0.4) is 0 Å². The number of rotatable bonds is 3. The molecule has 142 valence electrons. The van der Waals surface area contributed by atoms with Crippen molar-refractivity contribution in [1.82, 2.24) is 20.3 Å². The van der Waals surface area contributed by atoms with Gasteiger partial charge in [-0.05, 0) is 51.1 Å². The summed E-state index contributed by atoms with van der Waals surface area (Å²) < 4.78 is 29.1. The lowest BCUT2D eigenvalue weighted by molar-refractivity contribution is 0.477. The fourth-order valence-corrected chi connectivity index (χ4v) is 3.43. The Morgan fingerprint density at radius 2 is 1.93 bits per heavy atom. The Morgan fingerprint density at radius 1 is 1.14 bits per heavy atom. The Labute approximate surface area is 160 Å². The van der Waals surface area contributed by atoms with Crippen LogP contribution < -0.4 is 10.6 Å². The number of hydrogen-bond donors (Lipinski definition) is 2. The summed E-state index contributed by atoms with van der Waals surface area (Å²) in [6, 6.07) is 6.56. The van der Waals surface area contributed by atoms with Crippen LogP contribution in [0.4, 0.5) is 14.7 Å². The molecule has 0 bridgehead atoms. The summed E-state index contributed by atoms with van der Waals surface area (Å²) in [6.45, 7) is 3.48. The minimum atomic E-state index is -0.659. The molecule has 1 aromatic carbocycles. The quantitative estimate of drug-likeness (QED) is 0.725. The van der Waals surface area contributed by atoms with Crippen LogP contribution in [0.2, 0.25) is 0 Å². The van der Waals surface area contributed by atoms with Crippen molar-refractivity contribution < 1.29 is 8.78 Å². The highest BCUT2D eigenvalue weighted by molar-refractivity contribution is 5.89. The summed E-state index contributed by atoms with van der Waals surface area (Å²) in [5.41, 5.74) is 1.13. The number of halogens is 2. The molecule has 1 fully saturated rings. The van der Waals surface area contributed by atoms with E-state index in [0.29, 0.717) is 17.0 Å². The van der Waals surface area contributed by atoms with Gasteiger partial charge in [0.2, 0.25) is 5.95 Å². The second-order valence-electron chi connectivity index (χ2n) is 6.84. The van der Waals surface area contributed by atoms with Gasteiger partial charge in [0.15, 0.2) is 5.82 Å². The van der Waals surface area contributed by atoms with E-state index in [1.54, 1.807) is 19.1 Å². The highest BCUT2D eigenvalue weighted by atomic mass is 19.1. The third-order valence-corrected chi connectivity index (χ3v) is 4.81. The van der Waals surface area contributed by atoms with E-state index in [-0.39, 0.29) is 28.4 Å².